The third kappa shape index (κ3) is 4.04. The minimum Gasteiger partial charge on any atom is -0.314 e. The second-order valence-corrected chi connectivity index (χ2v) is 4.79. The molecule has 1 heterocycles. The summed E-state index contributed by atoms with van der Waals surface area (Å²) in [6.45, 7) is 0.968. The fraction of sp³-hybridized carbons (Fsp3) is 1.00. The molecule has 1 aliphatic heterocycles. The average Bonchev–Trinajstić information content (AvgIpc) is 2.02. The third-order valence-electron chi connectivity index (χ3n) is 2.14. The van der Waals surface area contributed by atoms with Crippen molar-refractivity contribution >= 4 is 10.1 Å². The molecular weight excluding hydrogens is 178 g/mol. The van der Waals surface area contributed by atoms with E-state index in [4.69, 9.17) is 4.55 Å². The quantitative estimate of drug-likeness (QED) is 0.637. The smallest absolute Gasteiger partial charge is 0.264 e. The van der Waals surface area contributed by atoms with E-state index in [1.807, 2.05) is 0 Å². The van der Waals surface area contributed by atoms with Crippen LogP contribution in [0.4, 0.5) is 0 Å². The van der Waals surface area contributed by atoms with Gasteiger partial charge in [0.05, 0.1) is 5.75 Å². The van der Waals surface area contributed by atoms with Crippen molar-refractivity contribution in [2.24, 2.45) is 0 Å². The molecule has 1 aliphatic rings. The topological polar surface area (TPSA) is 66.4 Å². The van der Waals surface area contributed by atoms with E-state index >= 15 is 0 Å². The third-order valence-corrected chi connectivity index (χ3v) is 2.89. The molecule has 12 heavy (non-hydrogen) atoms. The Balaban J connectivity index is 2.22. The lowest BCUT2D eigenvalue weighted by Crippen LogP contribution is -2.35. The van der Waals surface area contributed by atoms with Crippen molar-refractivity contribution in [3.63, 3.8) is 0 Å². The Labute approximate surface area is 73.1 Å². The van der Waals surface area contributed by atoms with Gasteiger partial charge in [-0.2, -0.15) is 8.42 Å². The summed E-state index contributed by atoms with van der Waals surface area (Å²) in [6, 6.07) is 0.278. The van der Waals surface area contributed by atoms with Gasteiger partial charge in [0.25, 0.3) is 10.1 Å². The van der Waals surface area contributed by atoms with Crippen LogP contribution in [0.5, 0.6) is 0 Å². The number of piperidine rings is 1. The van der Waals surface area contributed by atoms with Crippen molar-refractivity contribution in [1.82, 2.24) is 5.32 Å². The zero-order valence-corrected chi connectivity index (χ0v) is 7.81. The molecule has 0 bridgehead atoms. The largest absolute Gasteiger partial charge is 0.314 e. The van der Waals surface area contributed by atoms with Crippen LogP contribution in [0.3, 0.4) is 0 Å². The molecule has 0 aromatic carbocycles. The van der Waals surface area contributed by atoms with E-state index in [2.05, 4.69) is 5.32 Å². The van der Waals surface area contributed by atoms with Crippen molar-refractivity contribution in [2.75, 3.05) is 12.3 Å². The predicted octanol–water partition coefficient (Wildman–Crippen LogP) is 0.406. The highest BCUT2D eigenvalue weighted by atomic mass is 32.2. The number of nitrogens with one attached hydrogen (secondary N) is 1. The van der Waals surface area contributed by atoms with Crippen LogP contribution in [-0.4, -0.2) is 31.3 Å². The lowest BCUT2D eigenvalue weighted by atomic mass is 10.0. The summed E-state index contributed by atoms with van der Waals surface area (Å²) < 4.78 is 29.3. The molecule has 2 N–H and O–H groups in total. The van der Waals surface area contributed by atoms with Gasteiger partial charge in [-0.05, 0) is 25.8 Å². The van der Waals surface area contributed by atoms with Crippen molar-refractivity contribution in [3.8, 4) is 0 Å². The molecule has 0 saturated carbocycles. The Morgan fingerprint density at radius 1 is 1.42 bits per heavy atom. The second kappa shape index (κ2) is 4.20. The summed E-state index contributed by atoms with van der Waals surface area (Å²) in [5.41, 5.74) is 0. The molecule has 0 aliphatic carbocycles. The normalized spacial score (nSPS) is 25.6. The maximum Gasteiger partial charge on any atom is 0.264 e. The van der Waals surface area contributed by atoms with Gasteiger partial charge in [-0.1, -0.05) is 6.42 Å². The second-order valence-electron chi connectivity index (χ2n) is 3.22. The Bertz CT molecular complexity index is 219. The van der Waals surface area contributed by atoms with Crippen LogP contribution in [-0.2, 0) is 10.1 Å². The van der Waals surface area contributed by atoms with E-state index in [1.54, 1.807) is 0 Å². The summed E-state index contributed by atoms with van der Waals surface area (Å²) in [5, 5.41) is 3.22. The minimum atomic E-state index is -3.76. The Morgan fingerprint density at radius 3 is 2.67 bits per heavy atom. The Morgan fingerprint density at radius 2 is 2.17 bits per heavy atom. The molecule has 0 radical (unpaired) electrons. The first-order valence-corrected chi connectivity index (χ1v) is 5.87. The fourth-order valence-corrected chi connectivity index (χ4v) is 2.04. The van der Waals surface area contributed by atoms with E-state index in [0.29, 0.717) is 6.42 Å². The zero-order valence-electron chi connectivity index (χ0n) is 6.99. The highest BCUT2D eigenvalue weighted by molar-refractivity contribution is 7.85. The highest BCUT2D eigenvalue weighted by Crippen LogP contribution is 2.10. The molecule has 1 rings (SSSR count). The van der Waals surface area contributed by atoms with Gasteiger partial charge in [-0.25, -0.2) is 0 Å². The molecule has 0 unspecified atom stereocenters. The Hall–Kier alpha value is -0.130. The van der Waals surface area contributed by atoms with Crippen molar-refractivity contribution < 1.29 is 13.0 Å². The monoisotopic (exact) mass is 193 g/mol. The number of rotatable bonds is 3. The molecule has 1 fully saturated rings. The molecule has 0 spiro atoms. The lowest BCUT2D eigenvalue weighted by molar-refractivity contribution is 0.388. The number of hydrogen-bond donors (Lipinski definition) is 2. The standard InChI is InChI=1S/C7H15NO3S/c9-12(10,11)6-4-7-3-1-2-5-8-7/h7-8H,1-6H2,(H,9,10,11)/t7-/m1/s1. The van der Waals surface area contributed by atoms with Crippen molar-refractivity contribution in [2.45, 2.75) is 31.7 Å². The Kier molecular flexibility index (Phi) is 3.49. The van der Waals surface area contributed by atoms with Gasteiger partial charge >= 0.3 is 0 Å². The van der Waals surface area contributed by atoms with Gasteiger partial charge < -0.3 is 5.32 Å². The van der Waals surface area contributed by atoms with E-state index in [0.717, 1.165) is 19.4 Å². The summed E-state index contributed by atoms with van der Waals surface area (Å²) in [7, 11) is -3.76. The molecule has 0 amide bonds. The maximum atomic E-state index is 10.4. The molecule has 0 aromatic heterocycles. The number of hydrogen-bond acceptors (Lipinski definition) is 3. The van der Waals surface area contributed by atoms with Crippen LogP contribution in [0.1, 0.15) is 25.7 Å². The van der Waals surface area contributed by atoms with Gasteiger partial charge in [0.1, 0.15) is 0 Å². The lowest BCUT2D eigenvalue weighted by Gasteiger charge is -2.22. The van der Waals surface area contributed by atoms with Gasteiger partial charge in [0, 0.05) is 6.04 Å². The van der Waals surface area contributed by atoms with Crippen LogP contribution in [0.15, 0.2) is 0 Å². The summed E-state index contributed by atoms with van der Waals surface area (Å²) in [6.07, 6.45) is 3.87. The predicted molar refractivity (Wildman–Crippen MR) is 46.7 cm³/mol. The van der Waals surface area contributed by atoms with E-state index in [-0.39, 0.29) is 11.8 Å². The first kappa shape index (κ1) is 9.95. The first-order valence-electron chi connectivity index (χ1n) is 4.26. The van der Waals surface area contributed by atoms with Crippen LogP contribution in [0.2, 0.25) is 0 Å². The molecule has 1 saturated heterocycles. The van der Waals surface area contributed by atoms with Crippen LogP contribution in [0.25, 0.3) is 0 Å². The zero-order chi connectivity index (χ0) is 9.03. The highest BCUT2D eigenvalue weighted by Gasteiger charge is 2.15. The first-order chi connectivity index (χ1) is 5.58. The average molecular weight is 193 g/mol. The molecule has 0 aromatic rings. The molecule has 72 valence electrons. The molecule has 5 heteroatoms. The van der Waals surface area contributed by atoms with Crippen molar-refractivity contribution in [1.29, 1.82) is 0 Å². The van der Waals surface area contributed by atoms with Crippen LogP contribution < -0.4 is 5.32 Å². The maximum absolute atomic E-state index is 10.4. The molecular formula is C7H15NO3S. The van der Waals surface area contributed by atoms with Crippen LogP contribution >= 0.6 is 0 Å². The van der Waals surface area contributed by atoms with Crippen LogP contribution in [0, 0.1) is 0 Å². The van der Waals surface area contributed by atoms with Gasteiger partial charge in [-0.3, -0.25) is 4.55 Å². The fourth-order valence-electron chi connectivity index (χ4n) is 1.46. The SMILES string of the molecule is O=S(=O)(O)CC[C@H]1CCCCN1. The van der Waals surface area contributed by atoms with Gasteiger partial charge in [-0.15, -0.1) is 0 Å². The van der Waals surface area contributed by atoms with E-state index in [1.165, 1.54) is 6.42 Å². The molecule has 1 atom stereocenters. The van der Waals surface area contributed by atoms with E-state index in [9.17, 15) is 8.42 Å². The minimum absolute atomic E-state index is 0.120. The summed E-state index contributed by atoms with van der Waals surface area (Å²) >= 11 is 0. The summed E-state index contributed by atoms with van der Waals surface area (Å²) in [5.74, 6) is -0.120. The molecule has 4 nitrogen and oxygen atoms in total. The van der Waals surface area contributed by atoms with Crippen molar-refractivity contribution in [3.05, 3.63) is 0 Å². The van der Waals surface area contributed by atoms with Gasteiger partial charge in [0.2, 0.25) is 0 Å². The van der Waals surface area contributed by atoms with E-state index < -0.39 is 10.1 Å². The van der Waals surface area contributed by atoms with Gasteiger partial charge in [0.15, 0.2) is 0 Å². The summed E-state index contributed by atoms with van der Waals surface area (Å²) in [4.78, 5) is 0.